The standard InChI is InChI=1S/C22H28N6O3/c1-14-10-15(2)19-16(11-14)12-18(22(29)23-19)20(27-5-8-30-9-6-27)21-24-25-26-28(21)13-17-4-3-7-31-17/h10-12,17,20H,3-9,13H2,1-2H3,(H,23,29)/p+1/t17-,20+/m0/s1. The Balaban J connectivity index is 1.62. The molecule has 3 aromatic rings. The fraction of sp³-hybridized carbons (Fsp3) is 0.545. The molecule has 0 radical (unpaired) electrons. The monoisotopic (exact) mass is 425 g/mol. The first kappa shape index (κ1) is 20.3. The minimum absolute atomic E-state index is 0.0879. The molecule has 164 valence electrons. The number of nitrogens with one attached hydrogen (secondary N) is 2. The minimum Gasteiger partial charge on any atom is -0.376 e. The van der Waals surface area contributed by atoms with E-state index in [1.807, 2.05) is 17.7 Å². The van der Waals surface area contributed by atoms with E-state index >= 15 is 0 Å². The van der Waals surface area contributed by atoms with Crippen molar-refractivity contribution in [3.05, 3.63) is 51.1 Å². The van der Waals surface area contributed by atoms with Crippen LogP contribution in [-0.4, -0.2) is 64.2 Å². The number of fused-ring (bicyclic) bond motifs is 1. The topological polar surface area (TPSA) is 99.4 Å². The van der Waals surface area contributed by atoms with Gasteiger partial charge in [-0.25, -0.2) is 4.68 Å². The number of pyridine rings is 1. The average Bonchev–Trinajstić information content (AvgIpc) is 3.43. The van der Waals surface area contributed by atoms with E-state index < -0.39 is 0 Å². The summed E-state index contributed by atoms with van der Waals surface area (Å²) in [5.41, 5.74) is 3.72. The lowest BCUT2D eigenvalue weighted by atomic mass is 10.0. The molecule has 0 spiro atoms. The molecule has 9 heteroatoms. The quantitative estimate of drug-likeness (QED) is 0.611. The number of hydrogen-bond donors (Lipinski definition) is 2. The molecule has 0 amide bonds. The Morgan fingerprint density at radius 3 is 2.84 bits per heavy atom. The highest BCUT2D eigenvalue weighted by Crippen LogP contribution is 2.23. The highest BCUT2D eigenvalue weighted by atomic mass is 16.5. The third kappa shape index (κ3) is 4.00. The Kier molecular flexibility index (Phi) is 5.56. The molecule has 1 aromatic carbocycles. The smallest absolute Gasteiger partial charge is 0.258 e. The molecular weight excluding hydrogens is 396 g/mol. The molecule has 2 atom stereocenters. The number of quaternary nitrogens is 1. The van der Waals surface area contributed by atoms with E-state index in [0.717, 1.165) is 49.0 Å². The maximum Gasteiger partial charge on any atom is 0.258 e. The number of rotatable bonds is 5. The molecule has 2 N–H and O–H groups in total. The predicted molar refractivity (Wildman–Crippen MR) is 114 cm³/mol. The number of nitrogens with zero attached hydrogens (tertiary/aromatic N) is 4. The Labute approximate surface area is 180 Å². The number of H-pyrrole nitrogens is 1. The normalized spacial score (nSPS) is 21.0. The van der Waals surface area contributed by atoms with E-state index in [1.54, 1.807) is 0 Å². The van der Waals surface area contributed by atoms with Crippen molar-refractivity contribution in [2.24, 2.45) is 0 Å². The second-order valence-corrected chi connectivity index (χ2v) is 8.66. The largest absolute Gasteiger partial charge is 0.376 e. The van der Waals surface area contributed by atoms with Crippen LogP contribution in [0.5, 0.6) is 0 Å². The summed E-state index contributed by atoms with van der Waals surface area (Å²) in [6.45, 7) is 8.38. The van der Waals surface area contributed by atoms with Crippen molar-refractivity contribution in [3.63, 3.8) is 0 Å². The van der Waals surface area contributed by atoms with Gasteiger partial charge in [-0.2, -0.15) is 0 Å². The number of aromatic amines is 1. The van der Waals surface area contributed by atoms with Crippen molar-refractivity contribution in [2.45, 2.75) is 45.4 Å². The summed E-state index contributed by atoms with van der Waals surface area (Å²) < 4.78 is 13.2. The first-order valence-electron chi connectivity index (χ1n) is 11.0. The summed E-state index contributed by atoms with van der Waals surface area (Å²) in [7, 11) is 0. The Morgan fingerprint density at radius 2 is 2.06 bits per heavy atom. The summed E-state index contributed by atoms with van der Waals surface area (Å²) in [6, 6.07) is 5.95. The number of hydrogen-bond acceptors (Lipinski definition) is 6. The fourth-order valence-electron chi connectivity index (χ4n) is 4.91. The zero-order valence-electron chi connectivity index (χ0n) is 18.1. The fourth-order valence-corrected chi connectivity index (χ4v) is 4.91. The van der Waals surface area contributed by atoms with Crippen molar-refractivity contribution < 1.29 is 14.4 Å². The van der Waals surface area contributed by atoms with E-state index in [-0.39, 0.29) is 17.7 Å². The number of tetrazole rings is 1. The van der Waals surface area contributed by atoms with Gasteiger partial charge in [0.2, 0.25) is 5.82 Å². The zero-order chi connectivity index (χ0) is 21.4. The molecule has 2 aromatic heterocycles. The second kappa shape index (κ2) is 8.49. The first-order valence-corrected chi connectivity index (χ1v) is 11.0. The van der Waals surface area contributed by atoms with Crippen molar-refractivity contribution >= 4 is 10.9 Å². The lowest BCUT2D eigenvalue weighted by molar-refractivity contribution is -0.933. The molecule has 2 aliphatic rings. The molecule has 9 nitrogen and oxygen atoms in total. The van der Waals surface area contributed by atoms with Gasteiger partial charge in [0, 0.05) is 6.61 Å². The van der Waals surface area contributed by atoms with Crippen molar-refractivity contribution in [1.29, 1.82) is 0 Å². The van der Waals surface area contributed by atoms with Gasteiger partial charge < -0.3 is 19.4 Å². The molecule has 31 heavy (non-hydrogen) atoms. The van der Waals surface area contributed by atoms with E-state index in [9.17, 15) is 4.79 Å². The number of ether oxygens (including phenoxy) is 2. The third-order valence-electron chi connectivity index (χ3n) is 6.39. The van der Waals surface area contributed by atoms with Crippen molar-refractivity contribution in [2.75, 3.05) is 32.9 Å². The van der Waals surface area contributed by atoms with Gasteiger partial charge in [0.15, 0.2) is 6.04 Å². The predicted octanol–water partition coefficient (Wildman–Crippen LogP) is 0.315. The van der Waals surface area contributed by atoms with Crippen LogP contribution in [0.3, 0.4) is 0 Å². The number of aromatic nitrogens is 5. The van der Waals surface area contributed by atoms with Crippen LogP contribution >= 0.6 is 0 Å². The van der Waals surface area contributed by atoms with Crippen molar-refractivity contribution in [1.82, 2.24) is 25.2 Å². The van der Waals surface area contributed by atoms with Gasteiger partial charge in [0.05, 0.1) is 36.9 Å². The SMILES string of the molecule is Cc1cc(C)c2[nH]c(=O)c([C@H](c3nnnn3C[C@@H]3CCCO3)[NH+]3CCOCC3)cc2c1. The number of aryl methyl sites for hydroxylation is 2. The zero-order valence-corrected chi connectivity index (χ0v) is 18.1. The lowest BCUT2D eigenvalue weighted by Gasteiger charge is -2.30. The van der Waals surface area contributed by atoms with Crippen LogP contribution in [0.1, 0.15) is 41.4 Å². The molecule has 2 saturated heterocycles. The van der Waals surface area contributed by atoms with Crippen LogP contribution in [-0.2, 0) is 16.0 Å². The van der Waals surface area contributed by atoms with Gasteiger partial charge >= 0.3 is 0 Å². The summed E-state index contributed by atoms with van der Waals surface area (Å²) in [5, 5.41) is 13.7. The number of benzene rings is 1. The summed E-state index contributed by atoms with van der Waals surface area (Å²) in [5.74, 6) is 0.710. The third-order valence-corrected chi connectivity index (χ3v) is 6.39. The van der Waals surface area contributed by atoms with Crippen LogP contribution in [0.2, 0.25) is 0 Å². The van der Waals surface area contributed by atoms with E-state index in [1.165, 1.54) is 10.5 Å². The maximum atomic E-state index is 13.3. The highest BCUT2D eigenvalue weighted by Gasteiger charge is 2.35. The Bertz CT molecular complexity index is 1130. The summed E-state index contributed by atoms with van der Waals surface area (Å²) in [4.78, 5) is 17.7. The van der Waals surface area contributed by atoms with Gasteiger partial charge in [-0.3, -0.25) is 4.79 Å². The average molecular weight is 426 g/mol. The van der Waals surface area contributed by atoms with Gasteiger partial charge in [-0.15, -0.1) is 5.10 Å². The van der Waals surface area contributed by atoms with E-state index in [2.05, 4.69) is 39.6 Å². The van der Waals surface area contributed by atoms with Crippen molar-refractivity contribution in [3.8, 4) is 0 Å². The molecule has 0 bridgehead atoms. The molecule has 0 unspecified atom stereocenters. The molecule has 0 saturated carbocycles. The second-order valence-electron chi connectivity index (χ2n) is 8.66. The Morgan fingerprint density at radius 1 is 1.23 bits per heavy atom. The molecule has 5 rings (SSSR count). The summed E-state index contributed by atoms with van der Waals surface area (Å²) >= 11 is 0. The van der Waals surface area contributed by atoms with E-state index in [0.29, 0.717) is 31.1 Å². The number of morpholine rings is 1. The van der Waals surface area contributed by atoms with Crippen LogP contribution in [0, 0.1) is 13.8 Å². The Hall–Kier alpha value is -2.62. The van der Waals surface area contributed by atoms with Crippen LogP contribution < -0.4 is 10.5 Å². The lowest BCUT2D eigenvalue weighted by Crippen LogP contribution is -3.14. The maximum absolute atomic E-state index is 13.3. The van der Waals surface area contributed by atoms with Crippen LogP contribution in [0.4, 0.5) is 0 Å². The molecule has 4 heterocycles. The molecular formula is C22H29N6O3+. The van der Waals surface area contributed by atoms with Gasteiger partial charge in [0.1, 0.15) is 13.1 Å². The highest BCUT2D eigenvalue weighted by molar-refractivity contribution is 5.83. The van der Waals surface area contributed by atoms with E-state index in [4.69, 9.17) is 9.47 Å². The van der Waals surface area contributed by atoms with Gasteiger partial charge in [-0.1, -0.05) is 11.6 Å². The minimum atomic E-state index is -0.269. The van der Waals surface area contributed by atoms with Crippen LogP contribution in [0.15, 0.2) is 23.0 Å². The van der Waals surface area contributed by atoms with Gasteiger partial charge in [0.25, 0.3) is 5.56 Å². The summed E-state index contributed by atoms with van der Waals surface area (Å²) in [6.07, 6.45) is 2.18. The molecule has 2 fully saturated rings. The molecule has 0 aliphatic carbocycles. The first-order chi connectivity index (χ1) is 15.1. The van der Waals surface area contributed by atoms with Gasteiger partial charge in [-0.05, 0) is 60.2 Å². The molecule has 2 aliphatic heterocycles. The van der Waals surface area contributed by atoms with Crippen LogP contribution in [0.25, 0.3) is 10.9 Å².